The normalized spacial score (nSPS) is 19.7. The lowest BCUT2D eigenvalue weighted by Crippen LogP contribution is -2.33. The van der Waals surface area contributed by atoms with Crippen molar-refractivity contribution >= 4 is 27.3 Å². The summed E-state index contributed by atoms with van der Waals surface area (Å²) in [5.74, 6) is 0. The SMILES string of the molecule is CC(NCCN1CCCCCC1)c1ccc(Br)s1. The van der Waals surface area contributed by atoms with Crippen LogP contribution in [-0.2, 0) is 0 Å². The van der Waals surface area contributed by atoms with Crippen LogP contribution in [0.5, 0.6) is 0 Å². The van der Waals surface area contributed by atoms with Crippen molar-refractivity contribution in [1.29, 1.82) is 0 Å². The summed E-state index contributed by atoms with van der Waals surface area (Å²) in [5, 5.41) is 3.63. The maximum Gasteiger partial charge on any atom is 0.0701 e. The van der Waals surface area contributed by atoms with Crippen LogP contribution in [0.25, 0.3) is 0 Å². The van der Waals surface area contributed by atoms with E-state index in [1.807, 2.05) is 11.3 Å². The first-order valence-corrected chi connectivity index (χ1v) is 8.57. The van der Waals surface area contributed by atoms with Gasteiger partial charge in [0.1, 0.15) is 0 Å². The summed E-state index contributed by atoms with van der Waals surface area (Å²) >= 11 is 5.35. The van der Waals surface area contributed by atoms with Gasteiger partial charge in [0.15, 0.2) is 0 Å². The molecule has 0 radical (unpaired) electrons. The second-order valence-corrected chi connectivity index (χ2v) is 7.57. The Morgan fingerprint density at radius 3 is 2.61 bits per heavy atom. The zero-order valence-corrected chi connectivity index (χ0v) is 13.5. The molecule has 1 atom stereocenters. The van der Waals surface area contributed by atoms with Gasteiger partial charge in [-0.15, -0.1) is 11.3 Å². The van der Waals surface area contributed by atoms with E-state index in [4.69, 9.17) is 0 Å². The van der Waals surface area contributed by atoms with E-state index >= 15 is 0 Å². The minimum absolute atomic E-state index is 0.466. The zero-order chi connectivity index (χ0) is 12.8. The Balaban J connectivity index is 1.68. The van der Waals surface area contributed by atoms with Gasteiger partial charge in [-0.05, 0) is 60.9 Å². The number of hydrogen-bond acceptors (Lipinski definition) is 3. The van der Waals surface area contributed by atoms with Crippen LogP contribution in [0.2, 0.25) is 0 Å². The van der Waals surface area contributed by atoms with E-state index in [-0.39, 0.29) is 0 Å². The third-order valence-corrected chi connectivity index (χ3v) is 5.40. The van der Waals surface area contributed by atoms with Crippen molar-refractivity contribution in [1.82, 2.24) is 10.2 Å². The van der Waals surface area contributed by atoms with Gasteiger partial charge in [0.05, 0.1) is 3.79 Å². The molecule has 0 aromatic carbocycles. The van der Waals surface area contributed by atoms with Crippen molar-refractivity contribution in [2.24, 2.45) is 0 Å². The molecular formula is C14H23BrN2S. The molecule has 1 aliphatic heterocycles. The Bertz CT molecular complexity index is 345. The van der Waals surface area contributed by atoms with E-state index < -0.39 is 0 Å². The van der Waals surface area contributed by atoms with Crippen LogP contribution in [0.3, 0.4) is 0 Å². The molecule has 1 saturated heterocycles. The van der Waals surface area contributed by atoms with Crippen LogP contribution < -0.4 is 5.32 Å². The van der Waals surface area contributed by atoms with Crippen molar-refractivity contribution in [3.05, 3.63) is 20.8 Å². The molecule has 1 aromatic heterocycles. The Morgan fingerprint density at radius 2 is 2.00 bits per heavy atom. The molecule has 1 aliphatic rings. The van der Waals surface area contributed by atoms with Gasteiger partial charge >= 0.3 is 0 Å². The quantitative estimate of drug-likeness (QED) is 0.876. The predicted octanol–water partition coefficient (Wildman–Crippen LogP) is 4.04. The fourth-order valence-electron chi connectivity index (χ4n) is 2.46. The highest BCUT2D eigenvalue weighted by Crippen LogP contribution is 2.26. The molecule has 1 N–H and O–H groups in total. The number of hydrogen-bond donors (Lipinski definition) is 1. The summed E-state index contributed by atoms with van der Waals surface area (Å²) in [7, 11) is 0. The van der Waals surface area contributed by atoms with Gasteiger partial charge in [0, 0.05) is 24.0 Å². The van der Waals surface area contributed by atoms with Gasteiger partial charge in [-0.25, -0.2) is 0 Å². The van der Waals surface area contributed by atoms with Crippen LogP contribution in [0, 0.1) is 0 Å². The number of nitrogens with one attached hydrogen (secondary N) is 1. The standard InChI is InChI=1S/C14H23BrN2S/c1-12(13-6-7-14(15)18-13)16-8-11-17-9-4-2-3-5-10-17/h6-7,12,16H,2-5,8-11H2,1H3. The molecular weight excluding hydrogens is 308 g/mol. The summed E-state index contributed by atoms with van der Waals surface area (Å²) < 4.78 is 1.22. The monoisotopic (exact) mass is 330 g/mol. The molecule has 4 heteroatoms. The highest BCUT2D eigenvalue weighted by molar-refractivity contribution is 9.11. The second kappa shape index (κ2) is 7.63. The number of thiophene rings is 1. The fourth-order valence-corrected chi connectivity index (χ4v) is 3.91. The average molecular weight is 331 g/mol. The van der Waals surface area contributed by atoms with Crippen molar-refractivity contribution in [3.63, 3.8) is 0 Å². The molecule has 2 nitrogen and oxygen atoms in total. The highest BCUT2D eigenvalue weighted by atomic mass is 79.9. The number of likely N-dealkylation sites (tertiary alicyclic amines) is 1. The van der Waals surface area contributed by atoms with Crippen LogP contribution in [0.4, 0.5) is 0 Å². The van der Waals surface area contributed by atoms with Gasteiger partial charge in [-0.3, -0.25) is 0 Å². The largest absolute Gasteiger partial charge is 0.308 e. The lowest BCUT2D eigenvalue weighted by molar-refractivity contribution is 0.280. The summed E-state index contributed by atoms with van der Waals surface area (Å²) in [4.78, 5) is 4.02. The van der Waals surface area contributed by atoms with Crippen molar-refractivity contribution < 1.29 is 0 Å². The summed E-state index contributed by atoms with van der Waals surface area (Å²) in [6.45, 7) is 7.12. The summed E-state index contributed by atoms with van der Waals surface area (Å²) in [6, 6.07) is 4.80. The number of nitrogens with zero attached hydrogens (tertiary/aromatic N) is 1. The average Bonchev–Trinajstić information content (AvgIpc) is 2.63. The molecule has 2 rings (SSSR count). The Labute approximate surface area is 123 Å². The van der Waals surface area contributed by atoms with E-state index in [0.717, 1.165) is 6.54 Å². The maximum absolute atomic E-state index is 3.63. The van der Waals surface area contributed by atoms with Crippen LogP contribution >= 0.6 is 27.3 Å². The molecule has 1 aromatic rings. The van der Waals surface area contributed by atoms with Gasteiger partial charge in [0.2, 0.25) is 0 Å². The van der Waals surface area contributed by atoms with E-state index in [1.165, 1.54) is 54.0 Å². The molecule has 0 saturated carbocycles. The fraction of sp³-hybridized carbons (Fsp3) is 0.714. The maximum atomic E-state index is 3.63. The van der Waals surface area contributed by atoms with Crippen LogP contribution in [0.1, 0.15) is 43.5 Å². The minimum Gasteiger partial charge on any atom is -0.308 e. The lowest BCUT2D eigenvalue weighted by Gasteiger charge is -2.21. The highest BCUT2D eigenvalue weighted by Gasteiger charge is 2.10. The smallest absolute Gasteiger partial charge is 0.0701 e. The first kappa shape index (κ1) is 14.5. The minimum atomic E-state index is 0.466. The molecule has 0 amide bonds. The Hall–Kier alpha value is 0.1000. The zero-order valence-electron chi connectivity index (χ0n) is 11.1. The lowest BCUT2D eigenvalue weighted by atomic mass is 10.2. The van der Waals surface area contributed by atoms with Crippen LogP contribution in [0.15, 0.2) is 15.9 Å². The van der Waals surface area contributed by atoms with Crippen molar-refractivity contribution in [2.45, 2.75) is 38.6 Å². The third kappa shape index (κ3) is 4.65. The molecule has 0 bridgehead atoms. The summed E-state index contributed by atoms with van der Waals surface area (Å²) in [6.07, 6.45) is 5.61. The third-order valence-electron chi connectivity index (χ3n) is 3.60. The predicted molar refractivity (Wildman–Crippen MR) is 83.3 cm³/mol. The first-order valence-electron chi connectivity index (χ1n) is 6.96. The van der Waals surface area contributed by atoms with E-state index in [1.54, 1.807) is 0 Å². The molecule has 0 aliphatic carbocycles. The van der Waals surface area contributed by atoms with Crippen molar-refractivity contribution in [3.8, 4) is 0 Å². The van der Waals surface area contributed by atoms with Crippen LogP contribution in [-0.4, -0.2) is 31.1 Å². The molecule has 102 valence electrons. The molecule has 1 unspecified atom stereocenters. The van der Waals surface area contributed by atoms with E-state index in [0.29, 0.717) is 6.04 Å². The Morgan fingerprint density at radius 1 is 1.28 bits per heavy atom. The molecule has 2 heterocycles. The number of halogens is 1. The van der Waals surface area contributed by atoms with Gasteiger partial charge < -0.3 is 10.2 Å². The van der Waals surface area contributed by atoms with Gasteiger partial charge in [0.25, 0.3) is 0 Å². The molecule has 0 spiro atoms. The molecule has 1 fully saturated rings. The Kier molecular flexibility index (Phi) is 6.15. The number of rotatable bonds is 5. The molecule has 18 heavy (non-hydrogen) atoms. The van der Waals surface area contributed by atoms with E-state index in [2.05, 4.69) is 45.2 Å². The van der Waals surface area contributed by atoms with E-state index in [9.17, 15) is 0 Å². The van der Waals surface area contributed by atoms with Gasteiger partial charge in [-0.2, -0.15) is 0 Å². The summed E-state index contributed by atoms with van der Waals surface area (Å²) in [5.41, 5.74) is 0. The topological polar surface area (TPSA) is 15.3 Å². The second-order valence-electron chi connectivity index (χ2n) is 5.07. The van der Waals surface area contributed by atoms with Gasteiger partial charge in [-0.1, -0.05) is 12.8 Å². The van der Waals surface area contributed by atoms with Crippen molar-refractivity contribution in [2.75, 3.05) is 26.2 Å². The first-order chi connectivity index (χ1) is 8.75.